The van der Waals surface area contributed by atoms with Gasteiger partial charge in [-0.2, -0.15) is 16.8 Å². The van der Waals surface area contributed by atoms with Crippen LogP contribution in [0.3, 0.4) is 0 Å². The Bertz CT molecular complexity index is 1530. The Kier molecular flexibility index (Phi) is 7.63. The van der Waals surface area contributed by atoms with Crippen LogP contribution in [0.5, 0.6) is 0 Å². The van der Waals surface area contributed by atoms with Crippen LogP contribution >= 0.6 is 0 Å². The third-order valence-corrected chi connectivity index (χ3v) is 8.12. The summed E-state index contributed by atoms with van der Waals surface area (Å²) in [5.74, 6) is 0. The lowest BCUT2D eigenvalue weighted by Gasteiger charge is -2.46. The summed E-state index contributed by atoms with van der Waals surface area (Å²) in [5, 5.41) is 0. The second kappa shape index (κ2) is 10.6. The fraction of sp³-hybridized carbons (Fsp3) is 0.143. The van der Waals surface area contributed by atoms with E-state index >= 15 is 0 Å². The second-order valence-corrected chi connectivity index (χ2v) is 11.4. The van der Waals surface area contributed by atoms with Gasteiger partial charge in [-0.05, 0) is 35.4 Å². The first kappa shape index (κ1) is 26.7. The molecule has 0 aliphatic rings. The molecule has 0 bridgehead atoms. The zero-order valence-corrected chi connectivity index (χ0v) is 21.7. The van der Waals surface area contributed by atoms with Gasteiger partial charge in [-0.3, -0.25) is 14.0 Å². The molecule has 9 heteroatoms. The molecule has 7 nitrogen and oxygen atoms in total. The third-order valence-electron chi connectivity index (χ3n) is 6.37. The molecule has 0 aliphatic carbocycles. The summed E-state index contributed by atoms with van der Waals surface area (Å²) in [6.45, 7) is 2.82. The molecule has 0 saturated carbocycles. The first-order chi connectivity index (χ1) is 17.6. The van der Waals surface area contributed by atoms with Crippen LogP contribution in [-0.2, 0) is 32.3 Å². The van der Waals surface area contributed by atoms with Gasteiger partial charge in [-0.25, -0.2) is 0 Å². The van der Waals surface area contributed by atoms with E-state index in [4.69, 9.17) is 0 Å². The Hall–Kier alpha value is -3.34. The molecule has 0 heterocycles. The summed E-state index contributed by atoms with van der Waals surface area (Å²) in [5.41, 5.74) is 1.28. The normalized spacial score (nSPS) is 12.5. The molecule has 4 rings (SSSR count). The Balaban J connectivity index is 2.17. The maximum absolute atomic E-state index is 12.8. The summed E-state index contributed by atoms with van der Waals surface area (Å²) in [7, 11) is -9.67. The molecular formula is C28H27NO6S2. The summed E-state index contributed by atoms with van der Waals surface area (Å²) in [6, 6.07) is 31.5. The number of nitrogens with zero attached hydrogens (tertiary/aromatic N) is 1. The molecule has 0 aliphatic heterocycles. The number of benzene rings is 4. The molecule has 0 spiro atoms. The minimum absolute atomic E-state index is 0.151. The summed E-state index contributed by atoms with van der Waals surface area (Å²) in [6.07, 6.45) is 0. The van der Waals surface area contributed by atoms with Crippen LogP contribution in [0.25, 0.3) is 0 Å². The van der Waals surface area contributed by atoms with E-state index in [1.54, 1.807) is 0 Å². The first-order valence-electron chi connectivity index (χ1n) is 11.6. The van der Waals surface area contributed by atoms with E-state index in [0.717, 1.165) is 17.7 Å². The molecule has 0 saturated heterocycles. The monoisotopic (exact) mass is 537 g/mol. The highest BCUT2D eigenvalue weighted by Gasteiger charge is 2.45. The van der Waals surface area contributed by atoms with Gasteiger partial charge in [0, 0.05) is 12.1 Å². The maximum atomic E-state index is 12.8. The molecule has 4 aromatic rings. The van der Waals surface area contributed by atoms with Crippen LogP contribution in [0.2, 0.25) is 0 Å². The zero-order valence-electron chi connectivity index (χ0n) is 20.1. The van der Waals surface area contributed by atoms with Crippen molar-refractivity contribution in [3.8, 4) is 0 Å². The number of hydrogen-bond donors (Lipinski definition) is 2. The fourth-order valence-corrected chi connectivity index (χ4v) is 6.17. The van der Waals surface area contributed by atoms with Crippen LogP contribution in [0.15, 0.2) is 119 Å². The molecule has 0 fully saturated rings. The van der Waals surface area contributed by atoms with Crippen LogP contribution in [0.4, 0.5) is 0 Å². The van der Waals surface area contributed by atoms with Crippen molar-refractivity contribution in [2.24, 2.45) is 0 Å². The van der Waals surface area contributed by atoms with Crippen molar-refractivity contribution in [3.05, 3.63) is 131 Å². The lowest BCUT2D eigenvalue weighted by molar-refractivity contribution is 0.153. The highest BCUT2D eigenvalue weighted by Crippen LogP contribution is 2.46. The molecule has 0 aromatic heterocycles. The van der Waals surface area contributed by atoms with Gasteiger partial charge >= 0.3 is 0 Å². The van der Waals surface area contributed by atoms with Crippen molar-refractivity contribution in [1.29, 1.82) is 0 Å². The predicted octanol–water partition coefficient (Wildman–Crippen LogP) is 4.99. The van der Waals surface area contributed by atoms with Crippen molar-refractivity contribution in [1.82, 2.24) is 4.90 Å². The zero-order chi connectivity index (χ0) is 26.7. The molecule has 37 heavy (non-hydrogen) atoms. The molecule has 0 amide bonds. The van der Waals surface area contributed by atoms with Gasteiger partial charge in [0.1, 0.15) is 4.90 Å². The van der Waals surface area contributed by atoms with Crippen molar-refractivity contribution >= 4 is 20.2 Å². The van der Waals surface area contributed by atoms with E-state index in [1.807, 2.05) is 97.9 Å². The third kappa shape index (κ3) is 5.36. The van der Waals surface area contributed by atoms with E-state index in [-0.39, 0.29) is 5.56 Å². The van der Waals surface area contributed by atoms with Crippen molar-refractivity contribution in [3.63, 3.8) is 0 Å². The molecule has 2 N–H and O–H groups in total. The van der Waals surface area contributed by atoms with E-state index < -0.39 is 35.6 Å². The quantitative estimate of drug-likeness (QED) is 0.228. The second-order valence-electron chi connectivity index (χ2n) is 8.55. The van der Waals surface area contributed by atoms with Crippen LogP contribution in [0, 0.1) is 0 Å². The van der Waals surface area contributed by atoms with Crippen LogP contribution in [0.1, 0.15) is 29.2 Å². The minimum atomic E-state index is -4.93. The Morgan fingerprint density at radius 2 is 1.16 bits per heavy atom. The average molecular weight is 538 g/mol. The van der Waals surface area contributed by atoms with Gasteiger partial charge in [0.25, 0.3) is 20.2 Å². The Morgan fingerprint density at radius 3 is 1.59 bits per heavy atom. The van der Waals surface area contributed by atoms with Gasteiger partial charge < -0.3 is 0 Å². The smallest absolute Gasteiger partial charge is 0.282 e. The van der Waals surface area contributed by atoms with Crippen molar-refractivity contribution in [2.75, 3.05) is 6.54 Å². The van der Waals surface area contributed by atoms with Crippen molar-refractivity contribution < 1.29 is 25.9 Å². The van der Waals surface area contributed by atoms with E-state index in [1.165, 1.54) is 6.07 Å². The van der Waals surface area contributed by atoms with Gasteiger partial charge in [0.2, 0.25) is 0 Å². The summed E-state index contributed by atoms with van der Waals surface area (Å²) >= 11 is 0. The number of rotatable bonds is 9. The molecule has 0 radical (unpaired) electrons. The SMILES string of the molecule is CCN(Cc1ccccc1)C(c1ccccc1)(c1ccccc1)c1ccc(S(=O)(=O)O)cc1S(=O)(=O)O. The molecule has 0 atom stereocenters. The maximum Gasteiger partial charge on any atom is 0.294 e. The van der Waals surface area contributed by atoms with Crippen LogP contribution in [-0.4, -0.2) is 37.4 Å². The average Bonchev–Trinajstić information content (AvgIpc) is 2.89. The van der Waals surface area contributed by atoms with E-state index in [2.05, 4.69) is 4.90 Å². The van der Waals surface area contributed by atoms with Crippen LogP contribution < -0.4 is 0 Å². The topological polar surface area (TPSA) is 112 Å². The van der Waals surface area contributed by atoms with Gasteiger partial charge in [0.05, 0.1) is 10.4 Å². The molecular weight excluding hydrogens is 510 g/mol. The molecule has 0 unspecified atom stereocenters. The van der Waals surface area contributed by atoms with Gasteiger partial charge in [0.15, 0.2) is 0 Å². The lowest BCUT2D eigenvalue weighted by Crippen LogP contribution is -2.48. The fourth-order valence-electron chi connectivity index (χ4n) is 4.82. The number of hydrogen-bond acceptors (Lipinski definition) is 5. The molecule has 4 aromatic carbocycles. The minimum Gasteiger partial charge on any atom is -0.282 e. The van der Waals surface area contributed by atoms with Crippen molar-refractivity contribution in [2.45, 2.75) is 28.8 Å². The Morgan fingerprint density at radius 1 is 0.676 bits per heavy atom. The summed E-state index contributed by atoms with van der Waals surface area (Å²) < 4.78 is 69.4. The molecule has 192 valence electrons. The highest BCUT2D eigenvalue weighted by molar-refractivity contribution is 7.86. The predicted molar refractivity (Wildman–Crippen MR) is 141 cm³/mol. The van der Waals surface area contributed by atoms with E-state index in [9.17, 15) is 25.9 Å². The summed E-state index contributed by atoms with van der Waals surface area (Å²) in [4.78, 5) is 0.830. The highest BCUT2D eigenvalue weighted by atomic mass is 32.2. The van der Waals surface area contributed by atoms with Gasteiger partial charge in [-0.15, -0.1) is 0 Å². The lowest BCUT2D eigenvalue weighted by atomic mass is 9.75. The standard InChI is InChI=1S/C28H27NO6S2/c1-2-29(21-22-12-6-3-7-13-22)28(23-14-8-4-9-15-23,24-16-10-5-11-17-24)26-19-18-25(36(30,31)32)20-27(26)37(33,34)35/h3-20H,2,21H2,1H3,(H,30,31,32)(H,33,34,35). The van der Waals surface area contributed by atoms with E-state index in [0.29, 0.717) is 24.2 Å². The first-order valence-corrected chi connectivity index (χ1v) is 14.5. The van der Waals surface area contributed by atoms with Gasteiger partial charge in [-0.1, -0.05) is 104 Å². The largest absolute Gasteiger partial charge is 0.294 e. The Labute approximate surface area is 217 Å².